The van der Waals surface area contributed by atoms with Gasteiger partial charge in [0.25, 0.3) is 6.01 Å². The van der Waals surface area contributed by atoms with E-state index in [1.54, 1.807) is 0 Å². The number of hydrogen-bond donors (Lipinski definition) is 2. The Hall–Kier alpha value is -2.44. The first-order valence-electron chi connectivity index (χ1n) is 4.22. The molecule has 0 aliphatic carbocycles. The zero-order chi connectivity index (χ0) is 11.5. The highest BCUT2D eigenvalue weighted by Crippen LogP contribution is 2.16. The van der Waals surface area contributed by atoms with Crippen LogP contribution in [0.15, 0.2) is 29.2 Å². The summed E-state index contributed by atoms with van der Waals surface area (Å²) in [6, 6.07) is 0.244. The van der Waals surface area contributed by atoms with Crippen molar-refractivity contribution in [2.45, 2.75) is 0 Å². The van der Waals surface area contributed by atoms with Gasteiger partial charge in [-0.25, -0.2) is 4.98 Å². The second-order valence-corrected chi connectivity index (χ2v) is 2.84. The Morgan fingerprint density at radius 2 is 2.44 bits per heavy atom. The summed E-state index contributed by atoms with van der Waals surface area (Å²) in [5.41, 5.74) is -0.187. The molecule has 2 aromatic rings. The third-order valence-electron chi connectivity index (χ3n) is 1.81. The van der Waals surface area contributed by atoms with Gasteiger partial charge < -0.3 is 9.52 Å². The topological polar surface area (TPSA) is 92.0 Å². The Bertz CT molecular complexity index is 530. The van der Waals surface area contributed by atoms with Gasteiger partial charge in [0.05, 0.1) is 11.8 Å². The van der Waals surface area contributed by atoms with Gasteiger partial charge in [0.1, 0.15) is 12.1 Å². The summed E-state index contributed by atoms with van der Waals surface area (Å²) in [5, 5.41) is 15.2. The van der Waals surface area contributed by atoms with Crippen molar-refractivity contribution >= 4 is 11.5 Å². The van der Waals surface area contributed by atoms with Crippen molar-refractivity contribution in [3.63, 3.8) is 0 Å². The number of hydrogen-bond acceptors (Lipinski definition) is 5. The quantitative estimate of drug-likeness (QED) is 0.465. The standard InChI is InChI=1S/C9H6FN3O3/c10-8-5(1-2-16-8)6(14)3-7(15)9-11-4-12-13-9/h1-4,14H,(H,11,12,13). The lowest BCUT2D eigenvalue weighted by Gasteiger charge is -1.94. The normalized spacial score (nSPS) is 11.7. The van der Waals surface area contributed by atoms with E-state index >= 15 is 0 Å². The number of nitrogens with zero attached hydrogens (tertiary/aromatic N) is 2. The molecule has 16 heavy (non-hydrogen) atoms. The average Bonchev–Trinajstić information content (AvgIpc) is 2.86. The number of aromatic nitrogens is 3. The third kappa shape index (κ3) is 1.83. The molecule has 0 aliphatic rings. The molecule has 82 valence electrons. The summed E-state index contributed by atoms with van der Waals surface area (Å²) in [6.45, 7) is 0. The number of nitrogens with one attached hydrogen (secondary N) is 1. The Kier molecular flexibility index (Phi) is 2.50. The number of ketones is 1. The fraction of sp³-hybridized carbons (Fsp3) is 0. The predicted molar refractivity (Wildman–Crippen MR) is 50.0 cm³/mol. The Balaban J connectivity index is 2.26. The highest BCUT2D eigenvalue weighted by molar-refractivity contribution is 6.05. The van der Waals surface area contributed by atoms with E-state index in [0.29, 0.717) is 0 Å². The fourth-order valence-electron chi connectivity index (χ4n) is 1.07. The molecule has 2 N–H and O–H groups in total. The maximum absolute atomic E-state index is 12.9. The number of carbonyl (C=O) groups excluding carboxylic acids is 1. The van der Waals surface area contributed by atoms with Crippen LogP contribution in [-0.2, 0) is 0 Å². The van der Waals surface area contributed by atoms with Crippen LogP contribution in [-0.4, -0.2) is 26.1 Å². The van der Waals surface area contributed by atoms with Crippen LogP contribution in [0.4, 0.5) is 4.39 Å². The Labute approximate surface area is 88.4 Å². The number of aliphatic hydroxyl groups is 1. The van der Waals surface area contributed by atoms with E-state index in [9.17, 15) is 14.3 Å². The van der Waals surface area contributed by atoms with Crippen LogP contribution in [0.25, 0.3) is 5.76 Å². The first-order valence-corrected chi connectivity index (χ1v) is 4.22. The molecule has 6 nitrogen and oxygen atoms in total. The minimum absolute atomic E-state index is 0.0459. The molecule has 2 rings (SSSR count). The van der Waals surface area contributed by atoms with E-state index in [1.807, 2.05) is 0 Å². The van der Waals surface area contributed by atoms with Crippen LogP contribution in [0, 0.1) is 6.01 Å². The van der Waals surface area contributed by atoms with Crippen molar-refractivity contribution < 1.29 is 18.7 Å². The first kappa shape index (κ1) is 10.1. The molecule has 0 unspecified atom stereocenters. The maximum atomic E-state index is 12.9. The van der Waals surface area contributed by atoms with Crippen LogP contribution < -0.4 is 0 Å². The molecule has 2 heterocycles. The SMILES string of the molecule is O=C(C=C(O)c1ccoc1F)c1ncn[nH]1. The zero-order valence-electron chi connectivity index (χ0n) is 7.85. The minimum Gasteiger partial charge on any atom is -0.507 e. The predicted octanol–water partition coefficient (Wildman–Crippen LogP) is 1.32. The van der Waals surface area contributed by atoms with Gasteiger partial charge in [0, 0.05) is 6.08 Å². The van der Waals surface area contributed by atoms with Crippen LogP contribution >= 0.6 is 0 Å². The van der Waals surface area contributed by atoms with Gasteiger partial charge in [-0.2, -0.15) is 9.49 Å². The van der Waals surface area contributed by atoms with Crippen molar-refractivity contribution in [1.29, 1.82) is 0 Å². The molecule has 0 fully saturated rings. The summed E-state index contributed by atoms with van der Waals surface area (Å²) >= 11 is 0. The van der Waals surface area contributed by atoms with Gasteiger partial charge in [0.2, 0.25) is 5.78 Å². The summed E-state index contributed by atoms with van der Waals surface area (Å²) in [5.74, 6) is -1.20. The number of allylic oxidation sites excluding steroid dienone is 1. The number of furan rings is 1. The van der Waals surface area contributed by atoms with E-state index in [-0.39, 0.29) is 11.4 Å². The van der Waals surface area contributed by atoms with E-state index in [4.69, 9.17) is 0 Å². The molecule has 0 spiro atoms. The van der Waals surface area contributed by atoms with Crippen molar-refractivity contribution in [2.24, 2.45) is 0 Å². The van der Waals surface area contributed by atoms with Crippen LogP contribution in [0.2, 0.25) is 0 Å². The lowest BCUT2D eigenvalue weighted by Crippen LogP contribution is -1.99. The lowest BCUT2D eigenvalue weighted by atomic mass is 10.2. The van der Waals surface area contributed by atoms with Crippen molar-refractivity contribution in [2.75, 3.05) is 0 Å². The fourth-order valence-corrected chi connectivity index (χ4v) is 1.07. The number of aromatic amines is 1. The number of halogens is 1. The molecule has 7 heteroatoms. The third-order valence-corrected chi connectivity index (χ3v) is 1.81. The van der Waals surface area contributed by atoms with E-state index in [2.05, 4.69) is 19.6 Å². The van der Waals surface area contributed by atoms with Crippen LogP contribution in [0.3, 0.4) is 0 Å². The van der Waals surface area contributed by atoms with E-state index < -0.39 is 17.6 Å². The minimum atomic E-state index is -0.959. The zero-order valence-corrected chi connectivity index (χ0v) is 7.85. The van der Waals surface area contributed by atoms with E-state index in [0.717, 1.165) is 18.7 Å². The largest absolute Gasteiger partial charge is 0.507 e. The van der Waals surface area contributed by atoms with Crippen LogP contribution in [0.5, 0.6) is 0 Å². The Morgan fingerprint density at radius 1 is 1.62 bits per heavy atom. The van der Waals surface area contributed by atoms with E-state index in [1.165, 1.54) is 6.07 Å². The summed E-state index contributed by atoms with van der Waals surface area (Å²) in [7, 11) is 0. The molecule has 2 aromatic heterocycles. The van der Waals surface area contributed by atoms with Crippen molar-refractivity contribution in [3.8, 4) is 0 Å². The van der Waals surface area contributed by atoms with Gasteiger partial charge in [-0.15, -0.1) is 0 Å². The van der Waals surface area contributed by atoms with Gasteiger partial charge in [-0.05, 0) is 6.07 Å². The van der Waals surface area contributed by atoms with Crippen LogP contribution in [0.1, 0.15) is 16.2 Å². The molecule has 0 saturated carbocycles. The monoisotopic (exact) mass is 223 g/mol. The number of H-pyrrole nitrogens is 1. The molecular formula is C9H6FN3O3. The average molecular weight is 223 g/mol. The van der Waals surface area contributed by atoms with Gasteiger partial charge in [-0.3, -0.25) is 9.89 Å². The molecular weight excluding hydrogens is 217 g/mol. The summed E-state index contributed by atoms with van der Waals surface area (Å²) in [4.78, 5) is 15.0. The highest BCUT2D eigenvalue weighted by Gasteiger charge is 2.13. The molecule has 0 aromatic carbocycles. The number of aliphatic hydroxyl groups excluding tert-OH is 1. The second kappa shape index (κ2) is 3.97. The van der Waals surface area contributed by atoms with Gasteiger partial charge >= 0.3 is 0 Å². The van der Waals surface area contributed by atoms with Crippen molar-refractivity contribution in [3.05, 3.63) is 42.1 Å². The number of carbonyl (C=O) groups is 1. The molecule has 0 aliphatic heterocycles. The lowest BCUT2D eigenvalue weighted by molar-refractivity contribution is 0.103. The maximum Gasteiger partial charge on any atom is 0.288 e. The summed E-state index contributed by atoms with van der Waals surface area (Å²) in [6.07, 6.45) is 3.04. The highest BCUT2D eigenvalue weighted by atomic mass is 19.1. The molecule has 0 atom stereocenters. The molecule has 0 saturated heterocycles. The summed E-state index contributed by atoms with van der Waals surface area (Å²) < 4.78 is 17.2. The number of rotatable bonds is 3. The molecule has 0 bridgehead atoms. The Morgan fingerprint density at radius 3 is 3.00 bits per heavy atom. The van der Waals surface area contributed by atoms with Crippen molar-refractivity contribution in [1.82, 2.24) is 15.2 Å². The smallest absolute Gasteiger partial charge is 0.288 e. The van der Waals surface area contributed by atoms with Gasteiger partial charge in [0.15, 0.2) is 5.82 Å². The second-order valence-electron chi connectivity index (χ2n) is 2.84. The molecule has 0 amide bonds. The van der Waals surface area contributed by atoms with Gasteiger partial charge in [-0.1, -0.05) is 0 Å². The first-order chi connectivity index (χ1) is 7.68. The molecule has 0 radical (unpaired) electrons.